The molecule has 0 radical (unpaired) electrons. The van der Waals surface area contributed by atoms with E-state index in [2.05, 4.69) is 17.9 Å². The first-order valence-electron chi connectivity index (χ1n) is 3.58. The van der Waals surface area contributed by atoms with Crippen LogP contribution >= 0.6 is 0 Å². The summed E-state index contributed by atoms with van der Waals surface area (Å²) < 4.78 is 17.0. The number of rotatable bonds is 5. The minimum absolute atomic E-state index is 0.0918. The van der Waals surface area contributed by atoms with Gasteiger partial charge in [0.1, 0.15) is 18.0 Å². The van der Waals surface area contributed by atoms with Gasteiger partial charge in [-0.05, 0) is 12.0 Å². The smallest absolute Gasteiger partial charge is 0.315 e. The molecule has 0 aliphatic rings. The van der Waals surface area contributed by atoms with Gasteiger partial charge in [0, 0.05) is 0 Å². The molecule has 0 fully saturated rings. The minimum Gasteiger partial charge on any atom is -0.468 e. The van der Waals surface area contributed by atoms with E-state index in [0.717, 1.165) is 7.11 Å². The van der Waals surface area contributed by atoms with E-state index in [0.29, 0.717) is 6.29 Å². The summed E-state index contributed by atoms with van der Waals surface area (Å²) in [7, 11) is 1.14. The zero-order valence-electron chi connectivity index (χ0n) is 7.38. The van der Waals surface area contributed by atoms with Crippen LogP contribution in [0.5, 0.6) is 0 Å². The number of ether oxygens (including phenoxy) is 1. The van der Waals surface area contributed by atoms with Crippen molar-refractivity contribution in [3.63, 3.8) is 0 Å². The van der Waals surface area contributed by atoms with Gasteiger partial charge in [0.2, 0.25) is 0 Å². The van der Waals surface area contributed by atoms with E-state index in [-0.39, 0.29) is 12.0 Å². The fraction of sp³-hybridized carbons (Fsp3) is 0.333. The van der Waals surface area contributed by atoms with Crippen LogP contribution in [0.3, 0.4) is 0 Å². The van der Waals surface area contributed by atoms with Gasteiger partial charge in [-0.25, -0.2) is 4.39 Å². The fourth-order valence-corrected chi connectivity index (χ4v) is 0.775. The summed E-state index contributed by atoms with van der Waals surface area (Å²) in [5.41, 5.74) is 0.134. The molecule has 1 unspecified atom stereocenters. The van der Waals surface area contributed by atoms with Crippen LogP contribution in [0.4, 0.5) is 4.39 Å². The minimum atomic E-state index is -1.12. The Bertz CT molecular complexity index is 245. The third-order valence-corrected chi connectivity index (χ3v) is 1.50. The SMILES string of the molecule is C=C(C=O)CC(C(=C)F)C(=O)OC. The quantitative estimate of drug-likeness (QED) is 0.370. The fourth-order valence-electron chi connectivity index (χ4n) is 0.775. The molecule has 72 valence electrons. The molecule has 0 N–H and O–H groups in total. The molecule has 0 aromatic rings. The van der Waals surface area contributed by atoms with Gasteiger partial charge in [-0.15, -0.1) is 0 Å². The molecule has 0 rings (SSSR count). The highest BCUT2D eigenvalue weighted by atomic mass is 19.1. The molecule has 0 heterocycles. The van der Waals surface area contributed by atoms with E-state index in [4.69, 9.17) is 0 Å². The van der Waals surface area contributed by atoms with Gasteiger partial charge in [-0.2, -0.15) is 0 Å². The normalized spacial score (nSPS) is 11.5. The molecular weight excluding hydrogens is 175 g/mol. The van der Waals surface area contributed by atoms with Crippen LogP contribution in [0.15, 0.2) is 24.6 Å². The number of hydrogen-bond donors (Lipinski definition) is 0. The maximum absolute atomic E-state index is 12.6. The van der Waals surface area contributed by atoms with Gasteiger partial charge in [-0.1, -0.05) is 13.2 Å². The van der Waals surface area contributed by atoms with Crippen molar-refractivity contribution < 1.29 is 18.7 Å². The first-order valence-corrected chi connectivity index (χ1v) is 3.58. The van der Waals surface area contributed by atoms with Crippen molar-refractivity contribution in [2.45, 2.75) is 6.42 Å². The summed E-state index contributed by atoms with van der Waals surface area (Å²) in [5, 5.41) is 0. The lowest BCUT2D eigenvalue weighted by Gasteiger charge is -2.10. The van der Waals surface area contributed by atoms with E-state index in [1.807, 2.05) is 0 Å². The monoisotopic (exact) mass is 186 g/mol. The van der Waals surface area contributed by atoms with Crippen LogP contribution < -0.4 is 0 Å². The third kappa shape index (κ3) is 3.64. The number of carbonyl (C=O) groups excluding carboxylic acids is 2. The Hall–Kier alpha value is -1.45. The second-order valence-corrected chi connectivity index (χ2v) is 2.50. The Morgan fingerprint density at radius 1 is 1.62 bits per heavy atom. The number of hydrogen-bond acceptors (Lipinski definition) is 3. The molecule has 4 heteroatoms. The van der Waals surface area contributed by atoms with Crippen molar-refractivity contribution in [2.24, 2.45) is 5.92 Å². The maximum Gasteiger partial charge on any atom is 0.315 e. The Kier molecular flexibility index (Phi) is 4.66. The number of methoxy groups -OCH3 is 1. The highest BCUT2D eigenvalue weighted by Crippen LogP contribution is 2.19. The van der Waals surface area contributed by atoms with Crippen LogP contribution in [-0.2, 0) is 14.3 Å². The Balaban J connectivity index is 4.44. The predicted molar refractivity (Wildman–Crippen MR) is 45.6 cm³/mol. The highest BCUT2D eigenvalue weighted by Gasteiger charge is 2.23. The van der Waals surface area contributed by atoms with E-state index in [9.17, 15) is 14.0 Å². The first-order chi connectivity index (χ1) is 6.02. The topological polar surface area (TPSA) is 43.4 Å². The maximum atomic E-state index is 12.6. The van der Waals surface area contributed by atoms with Crippen molar-refractivity contribution in [2.75, 3.05) is 7.11 Å². The highest BCUT2D eigenvalue weighted by molar-refractivity contribution is 5.79. The number of esters is 1. The molecule has 1 atom stereocenters. The molecule has 0 saturated heterocycles. The van der Waals surface area contributed by atoms with Crippen molar-refractivity contribution >= 4 is 12.3 Å². The molecule has 13 heavy (non-hydrogen) atoms. The van der Waals surface area contributed by atoms with Gasteiger partial charge in [0.25, 0.3) is 0 Å². The molecule has 0 aliphatic carbocycles. The van der Waals surface area contributed by atoms with Crippen LogP contribution in [-0.4, -0.2) is 19.4 Å². The van der Waals surface area contributed by atoms with Crippen LogP contribution in [0.1, 0.15) is 6.42 Å². The van der Waals surface area contributed by atoms with Gasteiger partial charge in [-0.3, -0.25) is 9.59 Å². The summed E-state index contributed by atoms with van der Waals surface area (Å²) in [4.78, 5) is 21.1. The summed E-state index contributed by atoms with van der Waals surface area (Å²) >= 11 is 0. The standard InChI is InChI=1S/C9H11FO3/c1-6(5-11)4-8(7(2)10)9(12)13-3/h5,8H,1-2,4H2,3H3. The number of allylic oxidation sites excluding steroid dienone is 1. The lowest BCUT2D eigenvalue weighted by atomic mass is 10.0. The summed E-state index contributed by atoms with van der Waals surface area (Å²) in [5.74, 6) is -2.70. The van der Waals surface area contributed by atoms with E-state index >= 15 is 0 Å². The molecule has 0 bridgehead atoms. The van der Waals surface area contributed by atoms with E-state index in [1.54, 1.807) is 0 Å². The molecule has 0 spiro atoms. The average molecular weight is 186 g/mol. The predicted octanol–water partition coefficient (Wildman–Crippen LogP) is 1.40. The second-order valence-electron chi connectivity index (χ2n) is 2.50. The van der Waals surface area contributed by atoms with Gasteiger partial charge < -0.3 is 4.74 Å². The molecule has 0 aliphatic heterocycles. The number of aldehydes is 1. The summed E-state index contributed by atoms with van der Waals surface area (Å²) in [6.07, 6.45) is 0.379. The Morgan fingerprint density at radius 3 is 2.46 bits per heavy atom. The molecular formula is C9H11FO3. The van der Waals surface area contributed by atoms with Crippen molar-refractivity contribution in [1.82, 2.24) is 0 Å². The Labute approximate surface area is 75.9 Å². The van der Waals surface area contributed by atoms with Crippen LogP contribution in [0, 0.1) is 5.92 Å². The molecule has 0 aromatic carbocycles. The van der Waals surface area contributed by atoms with Crippen molar-refractivity contribution in [1.29, 1.82) is 0 Å². The molecule has 0 saturated carbocycles. The van der Waals surface area contributed by atoms with Gasteiger partial charge in [0.05, 0.1) is 7.11 Å². The second kappa shape index (κ2) is 5.24. The number of halogens is 1. The molecule has 0 amide bonds. The third-order valence-electron chi connectivity index (χ3n) is 1.50. The Morgan fingerprint density at radius 2 is 2.15 bits per heavy atom. The van der Waals surface area contributed by atoms with E-state index in [1.165, 1.54) is 0 Å². The summed E-state index contributed by atoms with van der Waals surface area (Å²) in [6, 6.07) is 0. The van der Waals surface area contributed by atoms with Crippen molar-refractivity contribution in [3.8, 4) is 0 Å². The lowest BCUT2D eigenvalue weighted by molar-refractivity contribution is -0.144. The van der Waals surface area contributed by atoms with E-state index < -0.39 is 17.7 Å². The van der Waals surface area contributed by atoms with Gasteiger partial charge >= 0.3 is 5.97 Å². The van der Waals surface area contributed by atoms with Crippen LogP contribution in [0.25, 0.3) is 0 Å². The summed E-state index contributed by atoms with van der Waals surface area (Å²) in [6.45, 7) is 6.32. The average Bonchev–Trinajstić information content (AvgIpc) is 2.11. The van der Waals surface area contributed by atoms with Crippen molar-refractivity contribution in [3.05, 3.63) is 24.6 Å². The zero-order valence-corrected chi connectivity index (χ0v) is 7.38. The molecule has 0 aromatic heterocycles. The molecule has 3 nitrogen and oxygen atoms in total. The largest absolute Gasteiger partial charge is 0.468 e. The number of carbonyl (C=O) groups is 2. The first kappa shape index (κ1) is 11.6. The zero-order chi connectivity index (χ0) is 10.4. The van der Waals surface area contributed by atoms with Gasteiger partial charge in [0.15, 0.2) is 0 Å². The lowest BCUT2D eigenvalue weighted by Crippen LogP contribution is -2.17. The van der Waals surface area contributed by atoms with Crippen LogP contribution in [0.2, 0.25) is 0 Å².